The molecule has 0 fully saturated rings. The normalized spacial score (nSPS) is 13.1. The standard InChI is InChI=1S/C22H21N3O3S/c1-13-4-5-14(2)17(8-13)24-21(26)10-25-19-9-16(18-12-29-15(3)23-18)6-7-20(19)28-11-22(25)27/h4-9,12H,10-11H2,1-3H3,(H,24,26). The average molecular weight is 407 g/mol. The molecule has 7 heteroatoms. The van der Waals surface area contributed by atoms with Gasteiger partial charge in [-0.3, -0.25) is 14.5 Å². The van der Waals surface area contributed by atoms with Gasteiger partial charge in [-0.1, -0.05) is 12.1 Å². The van der Waals surface area contributed by atoms with E-state index in [9.17, 15) is 9.59 Å². The number of aromatic nitrogens is 1. The van der Waals surface area contributed by atoms with Gasteiger partial charge >= 0.3 is 0 Å². The van der Waals surface area contributed by atoms with E-state index in [0.717, 1.165) is 33.1 Å². The maximum atomic E-state index is 12.7. The maximum absolute atomic E-state index is 12.7. The van der Waals surface area contributed by atoms with Crippen LogP contribution in [0.2, 0.25) is 0 Å². The van der Waals surface area contributed by atoms with Crippen LogP contribution in [0.5, 0.6) is 5.75 Å². The lowest BCUT2D eigenvalue weighted by Gasteiger charge is -2.29. The Bertz CT molecular complexity index is 1110. The molecule has 1 aromatic heterocycles. The molecule has 3 aromatic rings. The maximum Gasteiger partial charge on any atom is 0.265 e. The van der Waals surface area contributed by atoms with Crippen LogP contribution in [-0.2, 0) is 9.59 Å². The van der Waals surface area contributed by atoms with Gasteiger partial charge in [0.05, 0.1) is 16.4 Å². The van der Waals surface area contributed by atoms with Crippen molar-refractivity contribution in [1.82, 2.24) is 4.98 Å². The van der Waals surface area contributed by atoms with Gasteiger partial charge in [-0.15, -0.1) is 11.3 Å². The molecule has 148 valence electrons. The van der Waals surface area contributed by atoms with Gasteiger partial charge < -0.3 is 10.1 Å². The van der Waals surface area contributed by atoms with Gasteiger partial charge in [0, 0.05) is 16.6 Å². The van der Waals surface area contributed by atoms with E-state index in [2.05, 4.69) is 10.3 Å². The van der Waals surface area contributed by atoms with Crippen molar-refractivity contribution in [2.75, 3.05) is 23.4 Å². The first-order valence-corrected chi connectivity index (χ1v) is 10.2. The van der Waals surface area contributed by atoms with Crippen LogP contribution in [0.15, 0.2) is 41.8 Å². The van der Waals surface area contributed by atoms with Crippen LogP contribution in [0.1, 0.15) is 16.1 Å². The zero-order valence-electron chi connectivity index (χ0n) is 16.5. The lowest BCUT2D eigenvalue weighted by atomic mass is 10.1. The average Bonchev–Trinajstić information content (AvgIpc) is 3.13. The van der Waals surface area contributed by atoms with Crippen molar-refractivity contribution in [3.63, 3.8) is 0 Å². The van der Waals surface area contributed by atoms with Crippen LogP contribution in [0.25, 0.3) is 11.3 Å². The highest BCUT2D eigenvalue weighted by Crippen LogP contribution is 2.36. The molecule has 0 atom stereocenters. The molecule has 0 bridgehead atoms. The molecule has 0 saturated carbocycles. The van der Waals surface area contributed by atoms with Crippen LogP contribution in [0.4, 0.5) is 11.4 Å². The number of aryl methyl sites for hydroxylation is 3. The molecule has 6 nitrogen and oxygen atoms in total. The summed E-state index contributed by atoms with van der Waals surface area (Å²) in [5, 5.41) is 5.85. The molecule has 4 rings (SSSR count). The van der Waals surface area contributed by atoms with Gasteiger partial charge in [-0.05, 0) is 56.2 Å². The monoisotopic (exact) mass is 407 g/mol. The summed E-state index contributed by atoms with van der Waals surface area (Å²) in [7, 11) is 0. The fourth-order valence-corrected chi connectivity index (χ4v) is 3.86. The number of anilines is 2. The van der Waals surface area contributed by atoms with Gasteiger partial charge in [0.25, 0.3) is 5.91 Å². The summed E-state index contributed by atoms with van der Waals surface area (Å²) in [6.45, 7) is 5.69. The first-order chi connectivity index (χ1) is 13.9. The van der Waals surface area contributed by atoms with Crippen LogP contribution < -0.4 is 15.0 Å². The SMILES string of the molecule is Cc1ccc(C)c(NC(=O)CN2C(=O)COc3ccc(-c4csc(C)n4)cc32)c1. The minimum Gasteiger partial charge on any atom is -0.482 e. The molecule has 1 aliphatic heterocycles. The lowest BCUT2D eigenvalue weighted by molar-refractivity contribution is -0.123. The van der Waals surface area contributed by atoms with E-state index in [1.54, 1.807) is 11.3 Å². The van der Waals surface area contributed by atoms with E-state index in [1.807, 2.05) is 62.5 Å². The number of thiazole rings is 1. The van der Waals surface area contributed by atoms with Gasteiger partial charge in [-0.2, -0.15) is 0 Å². The number of nitrogens with one attached hydrogen (secondary N) is 1. The summed E-state index contributed by atoms with van der Waals surface area (Å²) < 4.78 is 5.56. The van der Waals surface area contributed by atoms with Crippen molar-refractivity contribution in [1.29, 1.82) is 0 Å². The molecule has 0 radical (unpaired) electrons. The van der Waals surface area contributed by atoms with Crippen molar-refractivity contribution in [3.05, 3.63) is 57.9 Å². The van der Waals surface area contributed by atoms with E-state index in [0.29, 0.717) is 11.4 Å². The minimum atomic E-state index is -0.255. The smallest absolute Gasteiger partial charge is 0.265 e. The van der Waals surface area contributed by atoms with E-state index in [4.69, 9.17) is 4.74 Å². The van der Waals surface area contributed by atoms with E-state index < -0.39 is 0 Å². The number of hydrogen-bond acceptors (Lipinski definition) is 5. The predicted octanol–water partition coefficient (Wildman–Crippen LogP) is 4.10. The third kappa shape index (κ3) is 4.00. The Morgan fingerprint density at radius 3 is 2.79 bits per heavy atom. The summed E-state index contributed by atoms with van der Waals surface area (Å²) in [5.74, 6) is 0.0786. The zero-order valence-corrected chi connectivity index (χ0v) is 17.3. The highest BCUT2D eigenvalue weighted by molar-refractivity contribution is 7.09. The number of fused-ring (bicyclic) bond motifs is 1. The van der Waals surface area contributed by atoms with Crippen molar-refractivity contribution >= 4 is 34.5 Å². The third-order valence-corrected chi connectivity index (χ3v) is 5.56. The second kappa shape index (κ2) is 7.67. The molecule has 1 aliphatic rings. The van der Waals surface area contributed by atoms with Gasteiger partial charge in [-0.25, -0.2) is 4.98 Å². The van der Waals surface area contributed by atoms with Gasteiger partial charge in [0.1, 0.15) is 12.3 Å². The first-order valence-electron chi connectivity index (χ1n) is 9.27. The van der Waals surface area contributed by atoms with Crippen molar-refractivity contribution < 1.29 is 14.3 Å². The quantitative estimate of drug-likeness (QED) is 0.707. The van der Waals surface area contributed by atoms with Crippen molar-refractivity contribution in [3.8, 4) is 17.0 Å². The molecular formula is C22H21N3O3S. The molecular weight excluding hydrogens is 386 g/mol. The Morgan fingerprint density at radius 1 is 1.21 bits per heavy atom. The Hall–Kier alpha value is -3.19. The van der Waals surface area contributed by atoms with Crippen LogP contribution in [0.3, 0.4) is 0 Å². The van der Waals surface area contributed by atoms with Crippen molar-refractivity contribution in [2.24, 2.45) is 0 Å². The summed E-state index contributed by atoms with van der Waals surface area (Å²) >= 11 is 1.57. The largest absolute Gasteiger partial charge is 0.482 e. The van der Waals surface area contributed by atoms with E-state index in [1.165, 1.54) is 4.90 Å². The Balaban J connectivity index is 1.60. The molecule has 2 amide bonds. The molecule has 1 N–H and O–H groups in total. The number of carbonyl (C=O) groups is 2. The van der Waals surface area contributed by atoms with Crippen LogP contribution >= 0.6 is 11.3 Å². The van der Waals surface area contributed by atoms with Gasteiger partial charge in [0.2, 0.25) is 5.91 Å². The van der Waals surface area contributed by atoms with E-state index >= 15 is 0 Å². The fraction of sp³-hybridized carbons (Fsp3) is 0.227. The number of nitrogens with zero attached hydrogens (tertiary/aromatic N) is 2. The fourth-order valence-electron chi connectivity index (χ4n) is 3.23. The molecule has 2 aromatic carbocycles. The zero-order chi connectivity index (χ0) is 20.5. The molecule has 0 unspecified atom stereocenters. The predicted molar refractivity (Wildman–Crippen MR) is 115 cm³/mol. The highest BCUT2D eigenvalue weighted by atomic mass is 32.1. The molecule has 29 heavy (non-hydrogen) atoms. The number of benzene rings is 2. The number of rotatable bonds is 4. The van der Waals surface area contributed by atoms with Gasteiger partial charge in [0.15, 0.2) is 6.61 Å². The Kier molecular flexibility index (Phi) is 5.07. The number of amides is 2. The topological polar surface area (TPSA) is 71.5 Å². The third-order valence-electron chi connectivity index (χ3n) is 4.79. The summed E-state index contributed by atoms with van der Waals surface area (Å²) in [4.78, 5) is 31.2. The van der Waals surface area contributed by atoms with Crippen LogP contribution in [0, 0.1) is 20.8 Å². The second-order valence-corrected chi connectivity index (χ2v) is 8.13. The highest BCUT2D eigenvalue weighted by Gasteiger charge is 2.28. The number of carbonyl (C=O) groups excluding carboxylic acids is 2. The molecule has 0 spiro atoms. The number of hydrogen-bond donors (Lipinski definition) is 1. The summed E-state index contributed by atoms with van der Waals surface area (Å²) in [6.07, 6.45) is 0. The summed E-state index contributed by atoms with van der Waals surface area (Å²) in [6, 6.07) is 11.5. The van der Waals surface area contributed by atoms with Crippen LogP contribution in [-0.4, -0.2) is 29.9 Å². The Morgan fingerprint density at radius 2 is 2.03 bits per heavy atom. The van der Waals surface area contributed by atoms with E-state index in [-0.39, 0.29) is 25.0 Å². The molecule has 0 saturated heterocycles. The first kappa shape index (κ1) is 19.1. The lowest BCUT2D eigenvalue weighted by Crippen LogP contribution is -2.43. The summed E-state index contributed by atoms with van der Waals surface area (Å²) in [5.41, 5.74) is 5.09. The molecule has 2 heterocycles. The minimum absolute atomic E-state index is 0.0812. The Labute approximate surface area is 173 Å². The van der Waals surface area contributed by atoms with Crippen molar-refractivity contribution in [2.45, 2.75) is 20.8 Å². The molecule has 0 aliphatic carbocycles. The number of ether oxygens (including phenoxy) is 1. The second-order valence-electron chi connectivity index (χ2n) is 7.07.